The minimum absolute atomic E-state index is 0.0375. The number of aryl methyl sites for hydroxylation is 2. The Morgan fingerprint density at radius 3 is 2.65 bits per heavy atom. The number of carbonyl (C=O) groups is 2. The number of thioether (sulfide) groups is 1. The van der Waals surface area contributed by atoms with E-state index in [1.54, 1.807) is 12.3 Å². The summed E-state index contributed by atoms with van der Waals surface area (Å²) in [5.74, 6) is -0.0245. The van der Waals surface area contributed by atoms with Crippen molar-refractivity contribution in [3.05, 3.63) is 65.6 Å². The molecule has 1 saturated heterocycles. The van der Waals surface area contributed by atoms with Crippen molar-refractivity contribution in [1.29, 1.82) is 0 Å². The molecule has 0 aliphatic carbocycles. The number of benzene rings is 2. The van der Waals surface area contributed by atoms with Gasteiger partial charge in [0.1, 0.15) is 5.82 Å². The third-order valence-electron chi connectivity index (χ3n) is 6.07. The van der Waals surface area contributed by atoms with Crippen LogP contribution in [0, 0.1) is 19.7 Å². The molecule has 3 aromatic rings. The fourth-order valence-electron chi connectivity index (χ4n) is 4.22. The molecule has 34 heavy (non-hydrogen) atoms. The first-order valence-corrected chi connectivity index (χ1v) is 12.4. The molecule has 1 aliphatic heterocycles. The van der Waals surface area contributed by atoms with Gasteiger partial charge in [-0.15, -0.1) is 11.8 Å². The van der Waals surface area contributed by atoms with E-state index in [1.165, 1.54) is 23.9 Å². The second kappa shape index (κ2) is 11.0. The summed E-state index contributed by atoms with van der Waals surface area (Å²) in [6, 6.07) is 12.3. The highest BCUT2D eigenvalue weighted by atomic mass is 32.2. The van der Waals surface area contributed by atoms with Crippen LogP contribution in [-0.2, 0) is 9.59 Å². The summed E-state index contributed by atoms with van der Waals surface area (Å²) in [5, 5.41) is 3.76. The van der Waals surface area contributed by atoms with E-state index in [-0.39, 0.29) is 23.4 Å². The SMILES string of the molecule is Cc1cccc(C)c1NC(=O)CN1CCCN(C(=O)CSc2ccnc3ccc(F)cc23)CC1. The molecule has 2 heterocycles. The van der Waals surface area contributed by atoms with Crippen LogP contribution in [0.2, 0.25) is 0 Å². The average Bonchev–Trinajstić information content (AvgIpc) is 3.05. The standard InChI is InChI=1S/C26H29FN4O2S/c1-18-5-3-6-19(2)26(18)29-24(32)16-30-11-4-12-31(14-13-30)25(33)17-34-23-9-10-28-22-8-7-20(27)15-21(22)23/h3,5-10,15H,4,11-14,16-17H2,1-2H3,(H,29,32). The number of fused-ring (bicyclic) bond motifs is 1. The van der Waals surface area contributed by atoms with E-state index < -0.39 is 0 Å². The van der Waals surface area contributed by atoms with Crippen LogP contribution in [-0.4, -0.2) is 65.1 Å². The molecule has 0 bridgehead atoms. The minimum Gasteiger partial charge on any atom is -0.341 e. The van der Waals surface area contributed by atoms with Gasteiger partial charge >= 0.3 is 0 Å². The Kier molecular flexibility index (Phi) is 7.80. The van der Waals surface area contributed by atoms with Gasteiger partial charge in [-0.05, 0) is 55.7 Å². The molecule has 1 aromatic heterocycles. The second-order valence-electron chi connectivity index (χ2n) is 8.58. The highest BCUT2D eigenvalue weighted by Crippen LogP contribution is 2.27. The Morgan fingerprint density at radius 2 is 1.85 bits per heavy atom. The maximum absolute atomic E-state index is 13.7. The molecule has 0 saturated carbocycles. The molecule has 0 radical (unpaired) electrons. The van der Waals surface area contributed by atoms with Crippen LogP contribution in [0.1, 0.15) is 17.5 Å². The summed E-state index contributed by atoms with van der Waals surface area (Å²) in [6.07, 6.45) is 2.50. The van der Waals surface area contributed by atoms with E-state index in [1.807, 2.05) is 43.0 Å². The zero-order chi connectivity index (χ0) is 24.1. The molecule has 1 aliphatic rings. The number of anilines is 1. The van der Waals surface area contributed by atoms with E-state index in [0.717, 1.165) is 40.1 Å². The van der Waals surface area contributed by atoms with Gasteiger partial charge in [0.2, 0.25) is 11.8 Å². The van der Waals surface area contributed by atoms with Crippen LogP contribution >= 0.6 is 11.8 Å². The number of halogens is 1. The predicted octanol–water partition coefficient (Wildman–Crippen LogP) is 4.26. The highest BCUT2D eigenvalue weighted by molar-refractivity contribution is 8.00. The van der Waals surface area contributed by atoms with Crippen molar-refractivity contribution >= 4 is 40.2 Å². The van der Waals surface area contributed by atoms with Gasteiger partial charge < -0.3 is 10.2 Å². The first kappa shape index (κ1) is 24.2. The Bertz CT molecular complexity index is 1180. The second-order valence-corrected chi connectivity index (χ2v) is 9.60. The van der Waals surface area contributed by atoms with Crippen molar-refractivity contribution in [2.75, 3.05) is 43.8 Å². The maximum Gasteiger partial charge on any atom is 0.238 e. The Morgan fingerprint density at radius 1 is 1.06 bits per heavy atom. The molecule has 0 atom stereocenters. The number of rotatable bonds is 6. The number of para-hydroxylation sites is 1. The monoisotopic (exact) mass is 480 g/mol. The molecule has 0 unspecified atom stereocenters. The van der Waals surface area contributed by atoms with Gasteiger partial charge in [0, 0.05) is 48.3 Å². The van der Waals surface area contributed by atoms with Crippen molar-refractivity contribution < 1.29 is 14.0 Å². The van der Waals surface area contributed by atoms with Gasteiger partial charge in [0.05, 0.1) is 17.8 Å². The smallest absolute Gasteiger partial charge is 0.238 e. The molecule has 8 heteroatoms. The van der Waals surface area contributed by atoms with Gasteiger partial charge in [-0.2, -0.15) is 0 Å². The molecule has 178 valence electrons. The Hall–Kier alpha value is -2.97. The van der Waals surface area contributed by atoms with Gasteiger partial charge in [-0.3, -0.25) is 19.5 Å². The molecule has 2 aromatic carbocycles. The predicted molar refractivity (Wildman–Crippen MR) is 135 cm³/mol. The minimum atomic E-state index is -0.317. The third-order valence-corrected chi connectivity index (χ3v) is 7.13. The fourth-order valence-corrected chi connectivity index (χ4v) is 5.16. The van der Waals surface area contributed by atoms with Crippen LogP contribution in [0.25, 0.3) is 10.9 Å². The molecule has 4 rings (SSSR count). The number of carbonyl (C=O) groups excluding carboxylic acids is 2. The normalized spacial score (nSPS) is 14.7. The van der Waals surface area contributed by atoms with Crippen LogP contribution < -0.4 is 5.32 Å². The highest BCUT2D eigenvalue weighted by Gasteiger charge is 2.21. The molecule has 0 spiro atoms. The first-order valence-electron chi connectivity index (χ1n) is 11.4. The summed E-state index contributed by atoms with van der Waals surface area (Å²) in [6.45, 7) is 6.95. The van der Waals surface area contributed by atoms with E-state index >= 15 is 0 Å². The summed E-state index contributed by atoms with van der Waals surface area (Å²) < 4.78 is 13.7. The maximum atomic E-state index is 13.7. The van der Waals surface area contributed by atoms with E-state index in [9.17, 15) is 14.0 Å². The molecule has 6 nitrogen and oxygen atoms in total. The van der Waals surface area contributed by atoms with Gasteiger partial charge in [-0.1, -0.05) is 18.2 Å². The Labute approximate surface area is 203 Å². The zero-order valence-corrected chi connectivity index (χ0v) is 20.3. The summed E-state index contributed by atoms with van der Waals surface area (Å²) >= 11 is 1.41. The zero-order valence-electron chi connectivity index (χ0n) is 19.5. The number of hydrogen-bond acceptors (Lipinski definition) is 5. The van der Waals surface area contributed by atoms with Gasteiger partial charge in [0.25, 0.3) is 0 Å². The average molecular weight is 481 g/mol. The third kappa shape index (κ3) is 5.93. The number of pyridine rings is 1. The summed E-state index contributed by atoms with van der Waals surface area (Å²) in [5.41, 5.74) is 3.68. The lowest BCUT2D eigenvalue weighted by molar-refractivity contribution is -0.128. The van der Waals surface area contributed by atoms with Crippen LogP contribution in [0.15, 0.2) is 53.6 Å². The lowest BCUT2D eigenvalue weighted by Gasteiger charge is -2.22. The quantitative estimate of drug-likeness (QED) is 0.534. The summed E-state index contributed by atoms with van der Waals surface area (Å²) in [4.78, 5) is 34.6. The van der Waals surface area contributed by atoms with Crippen LogP contribution in [0.4, 0.5) is 10.1 Å². The molecular weight excluding hydrogens is 451 g/mol. The molecule has 1 fully saturated rings. The van der Waals surface area contributed by atoms with E-state index in [0.29, 0.717) is 31.7 Å². The van der Waals surface area contributed by atoms with Crippen molar-refractivity contribution in [2.24, 2.45) is 0 Å². The van der Waals surface area contributed by atoms with E-state index in [2.05, 4.69) is 15.2 Å². The number of amides is 2. The number of hydrogen-bond donors (Lipinski definition) is 1. The lowest BCUT2D eigenvalue weighted by Crippen LogP contribution is -2.38. The van der Waals surface area contributed by atoms with Crippen molar-refractivity contribution in [1.82, 2.24) is 14.8 Å². The lowest BCUT2D eigenvalue weighted by atomic mass is 10.1. The van der Waals surface area contributed by atoms with Crippen molar-refractivity contribution in [2.45, 2.75) is 25.2 Å². The number of nitrogens with one attached hydrogen (secondary N) is 1. The molecule has 2 amide bonds. The number of aromatic nitrogens is 1. The van der Waals surface area contributed by atoms with E-state index in [4.69, 9.17) is 0 Å². The topological polar surface area (TPSA) is 65.5 Å². The number of nitrogens with zero attached hydrogens (tertiary/aromatic N) is 3. The fraction of sp³-hybridized carbons (Fsp3) is 0.346. The summed E-state index contributed by atoms with van der Waals surface area (Å²) in [7, 11) is 0. The largest absolute Gasteiger partial charge is 0.341 e. The van der Waals surface area contributed by atoms with Gasteiger partial charge in [0.15, 0.2) is 0 Å². The van der Waals surface area contributed by atoms with Crippen LogP contribution in [0.3, 0.4) is 0 Å². The first-order chi connectivity index (χ1) is 16.4. The molecule has 1 N–H and O–H groups in total. The van der Waals surface area contributed by atoms with Gasteiger partial charge in [-0.25, -0.2) is 4.39 Å². The van der Waals surface area contributed by atoms with Crippen LogP contribution in [0.5, 0.6) is 0 Å². The Balaban J connectivity index is 1.30. The van der Waals surface area contributed by atoms with Crippen molar-refractivity contribution in [3.8, 4) is 0 Å². The molecular formula is C26H29FN4O2S. The van der Waals surface area contributed by atoms with Crippen molar-refractivity contribution in [3.63, 3.8) is 0 Å².